The van der Waals surface area contributed by atoms with Crippen molar-refractivity contribution in [2.45, 2.75) is 30.2 Å². The van der Waals surface area contributed by atoms with Gasteiger partial charge in [-0.1, -0.05) is 18.2 Å². The Morgan fingerprint density at radius 2 is 2.11 bits per heavy atom. The molecule has 1 saturated heterocycles. The third kappa shape index (κ3) is 2.95. The summed E-state index contributed by atoms with van der Waals surface area (Å²) in [6, 6.07) is 8.96. The predicted octanol–water partition coefficient (Wildman–Crippen LogP) is 2.44. The fraction of sp³-hybridized carbons (Fsp3) is 0.533. The Balaban J connectivity index is 1.47. The smallest absolute Gasteiger partial charge is 0.223 e. The highest BCUT2D eigenvalue weighted by molar-refractivity contribution is 7.99. The number of fused-ring (bicyclic) bond motifs is 1. The van der Waals surface area contributed by atoms with E-state index in [2.05, 4.69) is 29.6 Å². The van der Waals surface area contributed by atoms with E-state index in [1.807, 2.05) is 16.7 Å². The second-order valence-electron chi connectivity index (χ2n) is 5.19. The molecule has 4 heteroatoms. The van der Waals surface area contributed by atoms with Gasteiger partial charge in [-0.05, 0) is 24.5 Å². The van der Waals surface area contributed by atoms with E-state index in [0.717, 1.165) is 25.4 Å². The number of thioether (sulfide) groups is 1. The van der Waals surface area contributed by atoms with Gasteiger partial charge in [0.05, 0.1) is 0 Å². The molecule has 0 aromatic heterocycles. The summed E-state index contributed by atoms with van der Waals surface area (Å²) in [5.41, 5.74) is 1.39. The molecule has 0 bridgehead atoms. The van der Waals surface area contributed by atoms with Gasteiger partial charge in [0.2, 0.25) is 5.91 Å². The summed E-state index contributed by atoms with van der Waals surface area (Å²) >= 11 is 1.90. The molecule has 1 amide bonds. The molecule has 1 aromatic rings. The van der Waals surface area contributed by atoms with Crippen LogP contribution in [-0.4, -0.2) is 36.2 Å². The molecule has 3 nitrogen and oxygen atoms in total. The molecule has 3 rings (SSSR count). The minimum Gasteiger partial charge on any atom is -0.343 e. The highest BCUT2D eigenvalue weighted by Crippen LogP contribution is 2.37. The number of benzene rings is 1. The van der Waals surface area contributed by atoms with Gasteiger partial charge in [-0.25, -0.2) is 0 Å². The van der Waals surface area contributed by atoms with E-state index in [1.54, 1.807) is 0 Å². The van der Waals surface area contributed by atoms with Gasteiger partial charge in [0.1, 0.15) is 0 Å². The quantitative estimate of drug-likeness (QED) is 0.916. The van der Waals surface area contributed by atoms with Crippen LogP contribution in [0.5, 0.6) is 0 Å². The number of carbonyl (C=O) groups is 1. The second-order valence-corrected chi connectivity index (χ2v) is 6.26. The first kappa shape index (κ1) is 13.0. The normalized spacial score (nSPS) is 21.7. The SMILES string of the molecule is O=C(CCNC1CSc2ccccc21)N1CCCC1. The van der Waals surface area contributed by atoms with Crippen LogP contribution in [0.2, 0.25) is 0 Å². The van der Waals surface area contributed by atoms with E-state index in [4.69, 9.17) is 0 Å². The standard InChI is InChI=1S/C15H20N2OS/c18-15(17-9-3-4-10-17)7-8-16-13-11-19-14-6-2-1-5-12(13)14/h1-2,5-6,13,16H,3-4,7-11H2. The maximum atomic E-state index is 11.9. The molecule has 0 saturated carbocycles. The lowest BCUT2D eigenvalue weighted by Gasteiger charge is -2.17. The molecule has 19 heavy (non-hydrogen) atoms. The van der Waals surface area contributed by atoms with Crippen molar-refractivity contribution >= 4 is 17.7 Å². The van der Waals surface area contributed by atoms with Gasteiger partial charge >= 0.3 is 0 Å². The van der Waals surface area contributed by atoms with E-state index in [1.165, 1.54) is 23.3 Å². The van der Waals surface area contributed by atoms with Crippen molar-refractivity contribution in [2.24, 2.45) is 0 Å². The number of rotatable bonds is 4. The predicted molar refractivity (Wildman–Crippen MR) is 78.3 cm³/mol. The number of nitrogens with zero attached hydrogens (tertiary/aromatic N) is 1. The summed E-state index contributed by atoms with van der Waals surface area (Å²) in [6.45, 7) is 2.71. The summed E-state index contributed by atoms with van der Waals surface area (Å²) in [6.07, 6.45) is 2.97. The first-order valence-electron chi connectivity index (χ1n) is 7.07. The highest BCUT2D eigenvalue weighted by Gasteiger charge is 2.23. The van der Waals surface area contributed by atoms with Gasteiger partial charge < -0.3 is 10.2 Å². The Labute approximate surface area is 118 Å². The second kappa shape index (κ2) is 5.97. The van der Waals surface area contributed by atoms with Crippen LogP contribution in [0, 0.1) is 0 Å². The average molecular weight is 276 g/mol. The van der Waals surface area contributed by atoms with Gasteiger partial charge in [0.15, 0.2) is 0 Å². The Hall–Kier alpha value is -1.00. The third-order valence-electron chi connectivity index (χ3n) is 3.89. The first-order valence-corrected chi connectivity index (χ1v) is 8.06. The minimum absolute atomic E-state index is 0.309. The molecule has 1 N–H and O–H groups in total. The van der Waals surface area contributed by atoms with Crippen molar-refractivity contribution in [2.75, 3.05) is 25.4 Å². The number of nitrogens with one attached hydrogen (secondary N) is 1. The molecule has 102 valence electrons. The zero-order valence-corrected chi connectivity index (χ0v) is 11.9. The summed E-state index contributed by atoms with van der Waals surface area (Å²) < 4.78 is 0. The summed E-state index contributed by atoms with van der Waals surface area (Å²) in [5.74, 6) is 1.39. The average Bonchev–Trinajstić information content (AvgIpc) is 3.08. The van der Waals surface area contributed by atoms with Crippen LogP contribution in [0.3, 0.4) is 0 Å². The molecule has 0 aliphatic carbocycles. The van der Waals surface area contributed by atoms with Crippen molar-refractivity contribution < 1.29 is 4.79 Å². The Kier molecular flexibility index (Phi) is 4.09. The Bertz CT molecular complexity index is 457. The lowest BCUT2D eigenvalue weighted by Crippen LogP contribution is -2.31. The van der Waals surface area contributed by atoms with Crippen LogP contribution in [0.1, 0.15) is 30.9 Å². The van der Waals surface area contributed by atoms with Crippen molar-refractivity contribution in [1.82, 2.24) is 10.2 Å². The molecule has 2 heterocycles. The Morgan fingerprint density at radius 3 is 2.95 bits per heavy atom. The zero-order chi connectivity index (χ0) is 13.1. The number of hydrogen-bond acceptors (Lipinski definition) is 3. The lowest BCUT2D eigenvalue weighted by molar-refractivity contribution is -0.130. The molecule has 1 atom stereocenters. The van der Waals surface area contributed by atoms with Crippen LogP contribution in [0.4, 0.5) is 0 Å². The summed E-state index contributed by atoms with van der Waals surface area (Å²) in [4.78, 5) is 15.3. The molecule has 1 aromatic carbocycles. The molecule has 0 spiro atoms. The van der Waals surface area contributed by atoms with Crippen molar-refractivity contribution in [1.29, 1.82) is 0 Å². The van der Waals surface area contributed by atoms with Crippen molar-refractivity contribution in [3.63, 3.8) is 0 Å². The van der Waals surface area contributed by atoms with E-state index >= 15 is 0 Å². The number of amides is 1. The van der Waals surface area contributed by atoms with Crippen LogP contribution in [0.25, 0.3) is 0 Å². The van der Waals surface area contributed by atoms with Gasteiger partial charge in [0.25, 0.3) is 0 Å². The first-order chi connectivity index (χ1) is 9.34. The lowest BCUT2D eigenvalue weighted by atomic mass is 10.1. The van der Waals surface area contributed by atoms with Gasteiger partial charge in [-0.2, -0.15) is 0 Å². The van der Waals surface area contributed by atoms with Crippen molar-refractivity contribution in [3.05, 3.63) is 29.8 Å². The minimum atomic E-state index is 0.309. The van der Waals surface area contributed by atoms with E-state index in [-0.39, 0.29) is 0 Å². The molecule has 2 aliphatic heterocycles. The van der Waals surface area contributed by atoms with Crippen molar-refractivity contribution in [3.8, 4) is 0 Å². The van der Waals surface area contributed by atoms with Crippen LogP contribution in [-0.2, 0) is 4.79 Å². The zero-order valence-electron chi connectivity index (χ0n) is 11.1. The number of hydrogen-bond donors (Lipinski definition) is 1. The largest absolute Gasteiger partial charge is 0.343 e. The Morgan fingerprint density at radius 1 is 1.32 bits per heavy atom. The topological polar surface area (TPSA) is 32.3 Å². The van der Waals surface area contributed by atoms with Crippen LogP contribution >= 0.6 is 11.8 Å². The van der Waals surface area contributed by atoms with Gasteiger partial charge in [-0.3, -0.25) is 4.79 Å². The molecule has 1 unspecified atom stereocenters. The fourth-order valence-corrected chi connectivity index (χ4v) is 4.01. The van der Waals surface area contributed by atoms with Crippen LogP contribution < -0.4 is 5.32 Å². The number of likely N-dealkylation sites (tertiary alicyclic amines) is 1. The van der Waals surface area contributed by atoms with E-state index in [0.29, 0.717) is 18.4 Å². The maximum absolute atomic E-state index is 11.9. The molecule has 0 radical (unpaired) electrons. The maximum Gasteiger partial charge on any atom is 0.223 e. The summed E-state index contributed by atoms with van der Waals surface area (Å²) in [5, 5.41) is 3.52. The summed E-state index contributed by atoms with van der Waals surface area (Å²) in [7, 11) is 0. The van der Waals surface area contributed by atoms with E-state index in [9.17, 15) is 4.79 Å². The monoisotopic (exact) mass is 276 g/mol. The molecule has 2 aliphatic rings. The van der Waals surface area contributed by atoms with E-state index < -0.39 is 0 Å². The highest BCUT2D eigenvalue weighted by atomic mass is 32.2. The van der Waals surface area contributed by atoms with Crippen LogP contribution in [0.15, 0.2) is 29.2 Å². The molecular formula is C15H20N2OS. The molecule has 1 fully saturated rings. The third-order valence-corrected chi connectivity index (χ3v) is 5.07. The van der Waals surface area contributed by atoms with Gasteiger partial charge in [0, 0.05) is 42.7 Å². The van der Waals surface area contributed by atoms with Gasteiger partial charge in [-0.15, -0.1) is 11.8 Å². The fourth-order valence-electron chi connectivity index (χ4n) is 2.81. The number of carbonyl (C=O) groups excluding carboxylic acids is 1. The molecular weight excluding hydrogens is 256 g/mol.